The highest BCUT2D eigenvalue weighted by atomic mass is 28.3. The van der Waals surface area contributed by atoms with Crippen molar-refractivity contribution in [3.63, 3.8) is 0 Å². The van der Waals surface area contributed by atoms with Crippen LogP contribution >= 0.6 is 0 Å². The van der Waals surface area contributed by atoms with Crippen LogP contribution in [0.15, 0.2) is 30.6 Å². The summed E-state index contributed by atoms with van der Waals surface area (Å²) in [6, 6.07) is 6.08. The molecule has 9 heteroatoms. The molecule has 0 unspecified atom stereocenters. The Hall–Kier alpha value is -2.14. The zero-order valence-corrected chi connectivity index (χ0v) is 18.4. The molecule has 0 radical (unpaired) electrons. The highest BCUT2D eigenvalue weighted by Gasteiger charge is 2.21. The van der Waals surface area contributed by atoms with E-state index in [2.05, 4.69) is 72.3 Å². The number of pyridine rings is 1. The molecular formula is C17H27N7Si2. The molecule has 0 bridgehead atoms. The van der Waals surface area contributed by atoms with E-state index in [1.165, 1.54) is 0 Å². The number of hydrogen-bond acceptors (Lipinski definition) is 5. The van der Waals surface area contributed by atoms with E-state index >= 15 is 0 Å². The maximum absolute atomic E-state index is 4.75. The maximum Gasteiger partial charge on any atom is 0.106 e. The molecule has 0 aliphatic heterocycles. The van der Waals surface area contributed by atoms with Crippen molar-refractivity contribution in [3.05, 3.63) is 42.0 Å². The van der Waals surface area contributed by atoms with Crippen LogP contribution in [0.2, 0.25) is 39.3 Å². The molecule has 138 valence electrons. The molecule has 0 saturated heterocycles. The summed E-state index contributed by atoms with van der Waals surface area (Å²) in [5, 5.41) is 19.4. The van der Waals surface area contributed by atoms with Crippen LogP contribution in [0.4, 0.5) is 0 Å². The molecule has 3 aromatic rings. The standard InChI is InChI=1S/C17H27N7Si2/c1-25(2,3)16-12-23(21-19-16)10-14-8-7-9-15(18-14)11-24-13-17(20-22-24)26(4,5)6/h7-9,12-13H,10-11H2,1-6H3. The van der Waals surface area contributed by atoms with Gasteiger partial charge in [-0.05, 0) is 12.1 Å². The first-order valence-electron chi connectivity index (χ1n) is 8.87. The van der Waals surface area contributed by atoms with Crippen molar-refractivity contribution in [3.8, 4) is 0 Å². The van der Waals surface area contributed by atoms with Crippen molar-refractivity contribution < 1.29 is 0 Å². The molecule has 0 spiro atoms. The second kappa shape index (κ2) is 6.88. The molecule has 3 rings (SSSR count). The lowest BCUT2D eigenvalue weighted by Crippen LogP contribution is -2.38. The first-order chi connectivity index (χ1) is 12.1. The summed E-state index contributed by atoms with van der Waals surface area (Å²) in [5.74, 6) is 0. The zero-order valence-electron chi connectivity index (χ0n) is 16.4. The van der Waals surface area contributed by atoms with Gasteiger partial charge in [-0.25, -0.2) is 9.36 Å². The molecule has 26 heavy (non-hydrogen) atoms. The van der Waals surface area contributed by atoms with Gasteiger partial charge in [0.15, 0.2) is 0 Å². The average Bonchev–Trinajstić information content (AvgIpc) is 3.16. The quantitative estimate of drug-likeness (QED) is 0.601. The van der Waals surface area contributed by atoms with Gasteiger partial charge < -0.3 is 0 Å². The fourth-order valence-corrected chi connectivity index (χ4v) is 4.24. The van der Waals surface area contributed by atoms with Gasteiger partial charge in [0.1, 0.15) is 16.1 Å². The molecule has 0 amide bonds. The van der Waals surface area contributed by atoms with Crippen LogP contribution in [0.3, 0.4) is 0 Å². The van der Waals surface area contributed by atoms with Crippen LogP contribution in [0, 0.1) is 0 Å². The van der Waals surface area contributed by atoms with Gasteiger partial charge in [-0.15, -0.1) is 10.2 Å². The van der Waals surface area contributed by atoms with E-state index in [9.17, 15) is 0 Å². The van der Waals surface area contributed by atoms with Gasteiger partial charge in [0, 0.05) is 12.4 Å². The summed E-state index contributed by atoms with van der Waals surface area (Å²) >= 11 is 0. The van der Waals surface area contributed by atoms with Gasteiger partial charge in [-0.3, -0.25) is 4.98 Å². The summed E-state index contributed by atoms with van der Waals surface area (Å²) in [7, 11) is -2.87. The van der Waals surface area contributed by atoms with Crippen LogP contribution in [0.1, 0.15) is 11.4 Å². The highest BCUT2D eigenvalue weighted by Crippen LogP contribution is 2.05. The Morgan fingerprint density at radius 3 is 1.50 bits per heavy atom. The van der Waals surface area contributed by atoms with Crippen molar-refractivity contribution in [2.24, 2.45) is 0 Å². The average molecular weight is 386 g/mol. The Morgan fingerprint density at radius 1 is 0.731 bits per heavy atom. The molecule has 3 heterocycles. The van der Waals surface area contributed by atoms with Crippen molar-refractivity contribution in [2.75, 3.05) is 0 Å². The lowest BCUT2D eigenvalue weighted by molar-refractivity contribution is 0.618. The van der Waals surface area contributed by atoms with E-state index in [-0.39, 0.29) is 0 Å². The Labute approximate surface area is 156 Å². The number of nitrogens with zero attached hydrogens (tertiary/aromatic N) is 7. The lowest BCUT2D eigenvalue weighted by Gasteiger charge is -2.10. The molecule has 0 aliphatic rings. The van der Waals surface area contributed by atoms with Gasteiger partial charge in [0.05, 0.1) is 35.1 Å². The fourth-order valence-electron chi connectivity index (χ4n) is 2.48. The van der Waals surface area contributed by atoms with E-state index in [4.69, 9.17) is 4.98 Å². The zero-order chi connectivity index (χ0) is 18.9. The number of hydrogen-bond donors (Lipinski definition) is 0. The minimum absolute atomic E-state index is 0.628. The van der Waals surface area contributed by atoms with Crippen molar-refractivity contribution in [2.45, 2.75) is 52.4 Å². The normalized spacial score (nSPS) is 12.5. The minimum Gasteiger partial charge on any atom is -0.254 e. The van der Waals surface area contributed by atoms with Gasteiger partial charge in [-0.1, -0.05) is 55.8 Å². The summed E-state index contributed by atoms with van der Waals surface area (Å²) in [5.41, 5.74) is 1.94. The second-order valence-corrected chi connectivity index (χ2v) is 18.7. The first kappa shape index (κ1) is 18.6. The smallest absolute Gasteiger partial charge is 0.106 e. The fraction of sp³-hybridized carbons (Fsp3) is 0.471. The van der Waals surface area contributed by atoms with Crippen LogP contribution in [0.25, 0.3) is 0 Å². The Bertz CT molecular complexity index is 817. The third-order valence-electron chi connectivity index (χ3n) is 4.13. The summed E-state index contributed by atoms with van der Waals surface area (Å²) in [6.45, 7) is 14.9. The van der Waals surface area contributed by atoms with E-state index in [1.54, 1.807) is 0 Å². The molecule has 3 aromatic heterocycles. The van der Waals surface area contributed by atoms with Gasteiger partial charge in [-0.2, -0.15) is 0 Å². The monoisotopic (exact) mass is 385 g/mol. The van der Waals surface area contributed by atoms with Crippen molar-refractivity contribution in [1.29, 1.82) is 0 Å². The van der Waals surface area contributed by atoms with Crippen LogP contribution in [-0.4, -0.2) is 51.1 Å². The maximum atomic E-state index is 4.75. The summed E-state index contributed by atoms with van der Waals surface area (Å²) in [6.07, 6.45) is 4.11. The Kier molecular flexibility index (Phi) is 4.93. The number of rotatable bonds is 6. The molecule has 0 fully saturated rings. The van der Waals surface area contributed by atoms with Gasteiger partial charge >= 0.3 is 0 Å². The molecule has 0 atom stereocenters. The van der Waals surface area contributed by atoms with E-state index in [1.807, 2.05) is 27.6 Å². The minimum atomic E-state index is -1.43. The van der Waals surface area contributed by atoms with Crippen LogP contribution in [-0.2, 0) is 13.1 Å². The van der Waals surface area contributed by atoms with E-state index in [0.29, 0.717) is 13.1 Å². The lowest BCUT2D eigenvalue weighted by atomic mass is 10.3. The predicted octanol–water partition coefficient (Wildman–Crippen LogP) is 1.45. The number of aromatic nitrogens is 7. The topological polar surface area (TPSA) is 74.3 Å². The van der Waals surface area contributed by atoms with Crippen LogP contribution in [0.5, 0.6) is 0 Å². The molecule has 0 N–H and O–H groups in total. The molecule has 0 aliphatic carbocycles. The third-order valence-corrected chi connectivity index (χ3v) is 7.66. The second-order valence-electron chi connectivity index (χ2n) is 8.72. The van der Waals surface area contributed by atoms with Crippen molar-refractivity contribution in [1.82, 2.24) is 35.0 Å². The summed E-state index contributed by atoms with van der Waals surface area (Å²) in [4.78, 5) is 4.75. The summed E-state index contributed by atoms with van der Waals surface area (Å²) < 4.78 is 3.75. The van der Waals surface area contributed by atoms with Crippen LogP contribution < -0.4 is 10.6 Å². The molecular weight excluding hydrogens is 358 g/mol. The van der Waals surface area contributed by atoms with E-state index < -0.39 is 16.1 Å². The molecule has 0 saturated carbocycles. The SMILES string of the molecule is C[Si](C)(C)c1cn(Cc2cccc(Cn3cc([Si](C)(C)C)nn3)n2)nn1. The Balaban J connectivity index is 1.72. The third kappa shape index (κ3) is 4.52. The highest BCUT2D eigenvalue weighted by molar-refractivity contribution is 6.88. The first-order valence-corrected chi connectivity index (χ1v) is 15.9. The van der Waals surface area contributed by atoms with E-state index in [0.717, 1.165) is 22.0 Å². The van der Waals surface area contributed by atoms with Gasteiger partial charge in [0.2, 0.25) is 0 Å². The van der Waals surface area contributed by atoms with Crippen molar-refractivity contribution >= 4 is 26.8 Å². The molecule has 0 aromatic carbocycles. The molecule has 7 nitrogen and oxygen atoms in total. The predicted molar refractivity (Wildman–Crippen MR) is 108 cm³/mol. The Morgan fingerprint density at radius 2 is 1.15 bits per heavy atom. The largest absolute Gasteiger partial charge is 0.254 e. The van der Waals surface area contributed by atoms with Gasteiger partial charge in [0.25, 0.3) is 0 Å².